The van der Waals surface area contributed by atoms with Crippen molar-refractivity contribution < 1.29 is 19.1 Å². The lowest BCUT2D eigenvalue weighted by atomic mass is 10.3. The zero-order valence-corrected chi connectivity index (χ0v) is 7.84. The first-order valence-electron chi connectivity index (χ1n) is 4.26. The predicted octanol–water partition coefficient (Wildman–Crippen LogP) is 2.26. The number of cyclic esters (lactones) is 2. The fraction of sp³-hybridized carbons (Fsp3) is 0.818. The second-order valence-electron chi connectivity index (χ2n) is 3.03. The molecule has 2 rings (SSSR count). The molecule has 16 heavy (non-hydrogen) atoms. The summed E-state index contributed by atoms with van der Waals surface area (Å²) >= 11 is 1.38. The van der Waals surface area contributed by atoms with Crippen molar-refractivity contribution in [3.05, 3.63) is 0 Å². The molecular formula is C11H22O4S. The summed E-state index contributed by atoms with van der Waals surface area (Å²) in [4.78, 5) is 22.1. The Kier molecular flexibility index (Phi) is 8.34. The van der Waals surface area contributed by atoms with Crippen molar-refractivity contribution in [3.8, 4) is 0 Å². The normalized spacial score (nSPS) is 27.0. The summed E-state index contributed by atoms with van der Waals surface area (Å²) in [5.74, 6) is -0.380. The van der Waals surface area contributed by atoms with Gasteiger partial charge in [-0.1, -0.05) is 22.3 Å². The number of rotatable bonds is 2. The van der Waals surface area contributed by atoms with E-state index in [0.717, 1.165) is 0 Å². The standard InChI is InChI=1S/C8H10O4S.3CH4/c9-7-5(1-3-11-7)13-6-2-4-12-8(6)10;;;/h5-6H,1-4H2;3*1H4. The average molecular weight is 250 g/mol. The van der Waals surface area contributed by atoms with Crippen molar-refractivity contribution >= 4 is 23.7 Å². The minimum Gasteiger partial charge on any atom is -0.465 e. The molecule has 0 N–H and O–H groups in total. The van der Waals surface area contributed by atoms with E-state index in [1.807, 2.05) is 0 Å². The number of hydrogen-bond donors (Lipinski definition) is 0. The van der Waals surface area contributed by atoms with Gasteiger partial charge in [0.15, 0.2) is 0 Å². The van der Waals surface area contributed by atoms with Crippen LogP contribution in [0.5, 0.6) is 0 Å². The molecule has 2 aliphatic rings. The molecule has 2 saturated heterocycles. The van der Waals surface area contributed by atoms with Crippen LogP contribution in [0.3, 0.4) is 0 Å². The van der Waals surface area contributed by atoms with Crippen molar-refractivity contribution in [1.29, 1.82) is 0 Å². The van der Waals surface area contributed by atoms with Crippen molar-refractivity contribution in [2.75, 3.05) is 13.2 Å². The quantitative estimate of drug-likeness (QED) is 0.704. The minimum atomic E-state index is -0.190. The summed E-state index contributed by atoms with van der Waals surface area (Å²) in [5.41, 5.74) is 0. The highest BCUT2D eigenvalue weighted by Gasteiger charge is 2.35. The predicted molar refractivity (Wildman–Crippen MR) is 66.5 cm³/mol. The van der Waals surface area contributed by atoms with Gasteiger partial charge in [-0.05, 0) is 0 Å². The third-order valence-corrected chi connectivity index (χ3v) is 3.62. The number of carbonyl (C=O) groups is 2. The highest BCUT2D eigenvalue weighted by molar-refractivity contribution is 8.01. The fourth-order valence-corrected chi connectivity index (χ4v) is 2.62. The van der Waals surface area contributed by atoms with Crippen LogP contribution in [0.2, 0.25) is 0 Å². The lowest BCUT2D eigenvalue weighted by Gasteiger charge is -2.07. The van der Waals surface area contributed by atoms with Gasteiger partial charge >= 0.3 is 11.9 Å². The smallest absolute Gasteiger partial charge is 0.319 e. The van der Waals surface area contributed by atoms with Crippen molar-refractivity contribution in [1.82, 2.24) is 0 Å². The Morgan fingerprint density at radius 1 is 0.875 bits per heavy atom. The van der Waals surface area contributed by atoms with E-state index in [2.05, 4.69) is 0 Å². The van der Waals surface area contributed by atoms with Crippen LogP contribution in [0.4, 0.5) is 0 Å². The number of thioether (sulfide) groups is 1. The Hall–Kier alpha value is -0.710. The molecule has 96 valence electrons. The zero-order valence-electron chi connectivity index (χ0n) is 7.02. The van der Waals surface area contributed by atoms with E-state index < -0.39 is 0 Å². The highest BCUT2D eigenvalue weighted by Crippen LogP contribution is 2.30. The van der Waals surface area contributed by atoms with Crippen LogP contribution in [-0.2, 0) is 19.1 Å². The monoisotopic (exact) mass is 250 g/mol. The average Bonchev–Trinajstić information content (AvgIpc) is 2.65. The molecule has 2 heterocycles. The first-order valence-corrected chi connectivity index (χ1v) is 5.20. The Morgan fingerprint density at radius 3 is 1.50 bits per heavy atom. The third-order valence-electron chi connectivity index (χ3n) is 2.10. The first-order chi connectivity index (χ1) is 6.27. The van der Waals surface area contributed by atoms with Crippen molar-refractivity contribution in [3.63, 3.8) is 0 Å². The second kappa shape index (κ2) is 7.54. The molecule has 0 spiro atoms. The third kappa shape index (κ3) is 3.70. The molecule has 2 atom stereocenters. The van der Waals surface area contributed by atoms with E-state index in [-0.39, 0.29) is 44.7 Å². The van der Waals surface area contributed by atoms with Crippen LogP contribution in [-0.4, -0.2) is 35.7 Å². The van der Waals surface area contributed by atoms with Crippen LogP contribution in [0.15, 0.2) is 0 Å². The van der Waals surface area contributed by atoms with Crippen molar-refractivity contribution in [2.45, 2.75) is 45.6 Å². The van der Waals surface area contributed by atoms with E-state index in [4.69, 9.17) is 9.47 Å². The molecule has 0 bridgehead atoms. The van der Waals surface area contributed by atoms with E-state index >= 15 is 0 Å². The number of carbonyl (C=O) groups excluding carboxylic acids is 2. The van der Waals surface area contributed by atoms with Gasteiger partial charge in [0.05, 0.1) is 13.2 Å². The molecule has 0 aromatic rings. The van der Waals surface area contributed by atoms with Gasteiger partial charge in [0.1, 0.15) is 10.5 Å². The molecule has 0 aromatic heterocycles. The molecule has 0 radical (unpaired) electrons. The van der Waals surface area contributed by atoms with Gasteiger partial charge in [-0.25, -0.2) is 0 Å². The maximum atomic E-state index is 11.1. The molecule has 2 fully saturated rings. The Labute approximate surface area is 102 Å². The van der Waals surface area contributed by atoms with E-state index in [0.29, 0.717) is 26.1 Å². The Balaban J connectivity index is 0. The lowest BCUT2D eigenvalue weighted by molar-refractivity contribution is -0.137. The first kappa shape index (κ1) is 17.7. The summed E-state index contributed by atoms with van der Waals surface area (Å²) in [7, 11) is 0. The molecule has 0 aliphatic carbocycles. The van der Waals surface area contributed by atoms with Crippen LogP contribution < -0.4 is 0 Å². The summed E-state index contributed by atoms with van der Waals surface area (Å²) in [6, 6.07) is 0. The van der Waals surface area contributed by atoms with Crippen LogP contribution in [0.1, 0.15) is 35.1 Å². The molecule has 0 aromatic carbocycles. The lowest BCUT2D eigenvalue weighted by Crippen LogP contribution is -2.18. The summed E-state index contributed by atoms with van der Waals surface area (Å²) in [6.07, 6.45) is 1.43. The molecular weight excluding hydrogens is 228 g/mol. The zero-order chi connectivity index (χ0) is 9.26. The van der Waals surface area contributed by atoms with Gasteiger partial charge in [-0.15, -0.1) is 11.8 Å². The summed E-state index contributed by atoms with van der Waals surface area (Å²) < 4.78 is 9.60. The molecule has 4 nitrogen and oxygen atoms in total. The maximum absolute atomic E-state index is 11.1. The number of hydrogen-bond acceptors (Lipinski definition) is 5. The molecule has 2 unspecified atom stereocenters. The SMILES string of the molecule is C.C.C.O=C1OCCC1SC1CCOC1=O. The van der Waals surface area contributed by atoms with Crippen LogP contribution >= 0.6 is 11.8 Å². The maximum Gasteiger partial charge on any atom is 0.319 e. The van der Waals surface area contributed by atoms with E-state index in [1.54, 1.807) is 0 Å². The second-order valence-corrected chi connectivity index (χ2v) is 4.44. The van der Waals surface area contributed by atoms with E-state index in [9.17, 15) is 9.59 Å². The topological polar surface area (TPSA) is 52.6 Å². The van der Waals surface area contributed by atoms with Crippen LogP contribution in [0.25, 0.3) is 0 Å². The highest BCUT2D eigenvalue weighted by atomic mass is 32.2. The van der Waals surface area contributed by atoms with Crippen LogP contribution in [0, 0.1) is 0 Å². The Bertz CT molecular complexity index is 218. The molecule has 2 aliphatic heterocycles. The summed E-state index contributed by atoms with van der Waals surface area (Å²) in [5, 5.41) is -0.314. The molecule has 0 amide bonds. The molecule has 0 saturated carbocycles. The largest absolute Gasteiger partial charge is 0.465 e. The Morgan fingerprint density at radius 2 is 1.25 bits per heavy atom. The van der Waals surface area contributed by atoms with Crippen molar-refractivity contribution in [2.24, 2.45) is 0 Å². The number of esters is 2. The summed E-state index contributed by atoms with van der Waals surface area (Å²) in [6.45, 7) is 0.969. The van der Waals surface area contributed by atoms with Gasteiger partial charge in [0.25, 0.3) is 0 Å². The number of ether oxygens (including phenoxy) is 2. The van der Waals surface area contributed by atoms with E-state index in [1.165, 1.54) is 11.8 Å². The van der Waals surface area contributed by atoms with Gasteiger partial charge in [-0.3, -0.25) is 9.59 Å². The van der Waals surface area contributed by atoms with Gasteiger partial charge in [0.2, 0.25) is 0 Å². The van der Waals surface area contributed by atoms with Gasteiger partial charge in [0, 0.05) is 12.8 Å². The minimum absolute atomic E-state index is 0. The van der Waals surface area contributed by atoms with Gasteiger partial charge < -0.3 is 9.47 Å². The molecule has 5 heteroatoms. The van der Waals surface area contributed by atoms with Gasteiger partial charge in [-0.2, -0.15) is 0 Å². The fourth-order valence-electron chi connectivity index (χ4n) is 1.40.